The molecular weight excluding hydrogens is 198 g/mol. The Morgan fingerprint density at radius 1 is 1.06 bits per heavy atom. The lowest BCUT2D eigenvalue weighted by atomic mass is 10.2. The van der Waals surface area contributed by atoms with Crippen molar-refractivity contribution in [3.8, 4) is 5.75 Å². The Balaban J connectivity index is 2.27. The number of aromatic nitrogens is 1. The fourth-order valence-electron chi connectivity index (χ4n) is 1.63. The molecule has 0 unspecified atom stereocenters. The topological polar surface area (TPSA) is 14.2 Å². The molecule has 0 saturated carbocycles. The fourth-order valence-corrected chi connectivity index (χ4v) is 1.63. The highest BCUT2D eigenvalue weighted by Gasteiger charge is 1.97. The van der Waals surface area contributed by atoms with Gasteiger partial charge in [-0.05, 0) is 30.4 Å². The van der Waals surface area contributed by atoms with Crippen LogP contribution in [0.25, 0.3) is 12.2 Å². The first kappa shape index (κ1) is 10.6. The summed E-state index contributed by atoms with van der Waals surface area (Å²) in [6.07, 6.45) is 6.17. The van der Waals surface area contributed by atoms with Gasteiger partial charge in [0.2, 0.25) is 0 Å². The number of ether oxygens (including phenoxy) is 1. The molecule has 1 aromatic carbocycles. The highest BCUT2D eigenvalue weighted by Crippen LogP contribution is 2.19. The molecule has 0 bridgehead atoms. The molecule has 0 radical (unpaired) electrons. The molecule has 2 heteroatoms. The lowest BCUT2D eigenvalue weighted by Crippen LogP contribution is -1.88. The van der Waals surface area contributed by atoms with Gasteiger partial charge in [-0.15, -0.1) is 0 Å². The average molecular weight is 213 g/mol. The Bertz CT molecular complexity index is 497. The second-order valence-electron chi connectivity index (χ2n) is 3.62. The summed E-state index contributed by atoms with van der Waals surface area (Å²) in [5.41, 5.74) is 2.26. The summed E-state index contributed by atoms with van der Waals surface area (Å²) in [4.78, 5) is 0. The maximum absolute atomic E-state index is 5.29. The Kier molecular flexibility index (Phi) is 3.10. The largest absolute Gasteiger partial charge is 0.496 e. The molecule has 0 amide bonds. The second-order valence-corrected chi connectivity index (χ2v) is 3.62. The zero-order valence-electron chi connectivity index (χ0n) is 9.55. The van der Waals surface area contributed by atoms with Gasteiger partial charge in [-0.1, -0.05) is 18.2 Å². The second kappa shape index (κ2) is 4.71. The van der Waals surface area contributed by atoms with Gasteiger partial charge < -0.3 is 9.30 Å². The third kappa shape index (κ3) is 2.16. The van der Waals surface area contributed by atoms with E-state index >= 15 is 0 Å². The van der Waals surface area contributed by atoms with Crippen molar-refractivity contribution < 1.29 is 4.74 Å². The van der Waals surface area contributed by atoms with Crippen LogP contribution >= 0.6 is 0 Å². The van der Waals surface area contributed by atoms with E-state index in [-0.39, 0.29) is 0 Å². The Hall–Kier alpha value is -1.96. The standard InChI is InChI=1S/C14H15NO/c1-15-11-5-7-13(15)10-9-12-6-3-4-8-14(12)16-2/h3-11H,1-2H3. The van der Waals surface area contributed by atoms with Crippen LogP contribution < -0.4 is 4.74 Å². The number of aryl methyl sites for hydroxylation is 1. The van der Waals surface area contributed by atoms with Crippen LogP contribution in [0, 0.1) is 0 Å². The van der Waals surface area contributed by atoms with E-state index in [1.54, 1.807) is 7.11 Å². The first-order valence-electron chi connectivity index (χ1n) is 5.23. The minimum atomic E-state index is 0.896. The van der Waals surface area contributed by atoms with Crippen LogP contribution in [-0.2, 0) is 7.05 Å². The lowest BCUT2D eigenvalue weighted by molar-refractivity contribution is 0.414. The van der Waals surface area contributed by atoms with Crippen LogP contribution in [0.5, 0.6) is 5.75 Å². The van der Waals surface area contributed by atoms with Crippen molar-refractivity contribution in [1.29, 1.82) is 0 Å². The predicted octanol–water partition coefficient (Wildman–Crippen LogP) is 3.20. The molecule has 0 aliphatic rings. The molecule has 0 spiro atoms. The number of para-hydroxylation sites is 1. The molecule has 0 aliphatic carbocycles. The van der Waals surface area contributed by atoms with Gasteiger partial charge in [0.1, 0.15) is 5.75 Å². The van der Waals surface area contributed by atoms with E-state index in [9.17, 15) is 0 Å². The van der Waals surface area contributed by atoms with Crippen LogP contribution in [0.4, 0.5) is 0 Å². The van der Waals surface area contributed by atoms with Crippen molar-refractivity contribution in [2.45, 2.75) is 0 Å². The Morgan fingerprint density at radius 2 is 1.88 bits per heavy atom. The van der Waals surface area contributed by atoms with Gasteiger partial charge in [-0.2, -0.15) is 0 Å². The molecule has 0 N–H and O–H groups in total. The van der Waals surface area contributed by atoms with Crippen molar-refractivity contribution in [1.82, 2.24) is 4.57 Å². The SMILES string of the molecule is COc1ccccc1C=Cc1cccn1C. The Labute approximate surface area is 95.8 Å². The van der Waals surface area contributed by atoms with E-state index in [0.29, 0.717) is 0 Å². The molecule has 2 rings (SSSR count). The summed E-state index contributed by atoms with van der Waals surface area (Å²) < 4.78 is 7.36. The molecular formula is C14H15NO. The first-order valence-corrected chi connectivity index (χ1v) is 5.23. The van der Waals surface area contributed by atoms with E-state index in [1.165, 1.54) is 5.69 Å². The molecule has 16 heavy (non-hydrogen) atoms. The highest BCUT2D eigenvalue weighted by molar-refractivity contribution is 5.71. The van der Waals surface area contributed by atoms with Gasteiger partial charge in [0.05, 0.1) is 7.11 Å². The summed E-state index contributed by atoms with van der Waals surface area (Å²) >= 11 is 0. The van der Waals surface area contributed by atoms with Gasteiger partial charge in [-0.25, -0.2) is 0 Å². The molecule has 0 fully saturated rings. The molecule has 0 atom stereocenters. The predicted molar refractivity (Wildman–Crippen MR) is 67.3 cm³/mol. The minimum absolute atomic E-state index is 0.896. The van der Waals surface area contributed by atoms with Gasteiger partial charge in [-0.3, -0.25) is 0 Å². The molecule has 82 valence electrons. The zero-order chi connectivity index (χ0) is 11.4. The minimum Gasteiger partial charge on any atom is -0.496 e. The number of benzene rings is 1. The monoisotopic (exact) mass is 213 g/mol. The first-order chi connectivity index (χ1) is 7.81. The third-order valence-electron chi connectivity index (χ3n) is 2.56. The smallest absolute Gasteiger partial charge is 0.126 e. The summed E-state index contributed by atoms with van der Waals surface area (Å²) in [6, 6.07) is 12.1. The van der Waals surface area contributed by atoms with Crippen LogP contribution in [0.15, 0.2) is 42.6 Å². The van der Waals surface area contributed by atoms with E-state index < -0.39 is 0 Å². The van der Waals surface area contributed by atoms with E-state index in [0.717, 1.165) is 11.3 Å². The van der Waals surface area contributed by atoms with E-state index in [2.05, 4.69) is 22.8 Å². The fraction of sp³-hybridized carbons (Fsp3) is 0.143. The summed E-state index contributed by atoms with van der Waals surface area (Å²) in [5, 5.41) is 0. The van der Waals surface area contributed by atoms with Crippen LogP contribution in [0.1, 0.15) is 11.3 Å². The molecule has 0 aliphatic heterocycles. The molecule has 0 saturated heterocycles. The normalized spacial score (nSPS) is 10.9. The van der Waals surface area contributed by atoms with Crippen LogP contribution in [0.3, 0.4) is 0 Å². The number of nitrogens with zero attached hydrogens (tertiary/aromatic N) is 1. The quantitative estimate of drug-likeness (QED) is 0.763. The molecule has 2 aromatic rings. The summed E-state index contributed by atoms with van der Waals surface area (Å²) in [6.45, 7) is 0. The van der Waals surface area contributed by atoms with Gasteiger partial charge in [0, 0.05) is 24.5 Å². The van der Waals surface area contributed by atoms with Crippen LogP contribution in [-0.4, -0.2) is 11.7 Å². The highest BCUT2D eigenvalue weighted by atomic mass is 16.5. The van der Waals surface area contributed by atoms with Gasteiger partial charge in [0.25, 0.3) is 0 Å². The molecule has 1 aromatic heterocycles. The third-order valence-corrected chi connectivity index (χ3v) is 2.56. The van der Waals surface area contributed by atoms with Crippen LogP contribution in [0.2, 0.25) is 0 Å². The van der Waals surface area contributed by atoms with Gasteiger partial charge >= 0.3 is 0 Å². The lowest BCUT2D eigenvalue weighted by Gasteiger charge is -2.03. The molecule has 2 nitrogen and oxygen atoms in total. The summed E-state index contributed by atoms with van der Waals surface area (Å²) in [5.74, 6) is 0.896. The maximum atomic E-state index is 5.29. The van der Waals surface area contributed by atoms with E-state index in [1.807, 2.05) is 43.6 Å². The number of hydrogen-bond donors (Lipinski definition) is 0. The average Bonchev–Trinajstić information content (AvgIpc) is 2.72. The zero-order valence-corrected chi connectivity index (χ0v) is 9.55. The molecule has 1 heterocycles. The van der Waals surface area contributed by atoms with E-state index in [4.69, 9.17) is 4.74 Å². The Morgan fingerprint density at radius 3 is 2.56 bits per heavy atom. The van der Waals surface area contributed by atoms with Gasteiger partial charge in [0.15, 0.2) is 0 Å². The number of hydrogen-bond acceptors (Lipinski definition) is 1. The summed E-state index contributed by atoms with van der Waals surface area (Å²) in [7, 11) is 3.72. The van der Waals surface area contributed by atoms with Crippen molar-refractivity contribution >= 4 is 12.2 Å². The van der Waals surface area contributed by atoms with Crippen molar-refractivity contribution in [2.24, 2.45) is 7.05 Å². The van der Waals surface area contributed by atoms with Crippen molar-refractivity contribution in [3.05, 3.63) is 53.9 Å². The van der Waals surface area contributed by atoms with Crippen molar-refractivity contribution in [2.75, 3.05) is 7.11 Å². The maximum Gasteiger partial charge on any atom is 0.126 e. The van der Waals surface area contributed by atoms with Crippen molar-refractivity contribution in [3.63, 3.8) is 0 Å². The number of methoxy groups -OCH3 is 1. The number of rotatable bonds is 3.